The van der Waals surface area contributed by atoms with Crippen molar-refractivity contribution >= 4 is 39.2 Å². The van der Waals surface area contributed by atoms with Crippen molar-refractivity contribution in [3.05, 3.63) is 72.8 Å². The summed E-state index contributed by atoms with van der Waals surface area (Å²) in [5.41, 5.74) is 1.94. The number of carbonyl (C=O) groups is 1. The van der Waals surface area contributed by atoms with Crippen LogP contribution in [0.3, 0.4) is 0 Å². The number of rotatable bonds is 3. The van der Waals surface area contributed by atoms with Crippen LogP contribution < -0.4 is 4.90 Å². The first-order valence-electron chi connectivity index (χ1n) is 9.80. The number of fused-ring (bicyclic) bond motifs is 2. The lowest BCUT2D eigenvalue weighted by Crippen LogP contribution is -2.36. The third-order valence-corrected chi connectivity index (χ3v) is 5.54. The fourth-order valence-electron chi connectivity index (χ4n) is 4.05. The highest BCUT2D eigenvalue weighted by Gasteiger charge is 2.27. The molecule has 0 spiro atoms. The molecule has 2 heterocycles. The van der Waals surface area contributed by atoms with Crippen LogP contribution in [0, 0.1) is 0 Å². The number of anilines is 2. The maximum atomic E-state index is 11.8. The van der Waals surface area contributed by atoms with Gasteiger partial charge >= 0.3 is 0 Å². The van der Waals surface area contributed by atoms with Gasteiger partial charge in [-0.2, -0.15) is 0 Å². The SMILES string of the molecule is O=C1CCC(N(c2ccc3ccccc3n2)c2ccc3ccccc3n2)CC1. The van der Waals surface area contributed by atoms with Crippen LogP contribution in [0.2, 0.25) is 0 Å². The van der Waals surface area contributed by atoms with E-state index in [4.69, 9.17) is 9.97 Å². The predicted molar refractivity (Wildman–Crippen MR) is 113 cm³/mol. The van der Waals surface area contributed by atoms with Crippen LogP contribution in [0.4, 0.5) is 11.6 Å². The minimum absolute atomic E-state index is 0.222. The second-order valence-corrected chi connectivity index (χ2v) is 7.36. The number of para-hydroxylation sites is 2. The van der Waals surface area contributed by atoms with Crippen molar-refractivity contribution in [1.29, 1.82) is 0 Å². The smallest absolute Gasteiger partial charge is 0.135 e. The molecule has 0 saturated heterocycles. The molecule has 2 aromatic heterocycles. The standard InChI is InChI=1S/C24H21N3O/c28-20-13-11-19(12-14-20)27(23-15-9-17-5-1-3-7-21(17)25-23)24-16-10-18-6-2-4-8-22(18)26-24/h1-10,15-16,19H,11-14H2. The molecule has 0 amide bonds. The van der Waals surface area contributed by atoms with Gasteiger partial charge in [0.25, 0.3) is 0 Å². The van der Waals surface area contributed by atoms with Crippen LogP contribution in [0.25, 0.3) is 21.8 Å². The highest BCUT2D eigenvalue weighted by molar-refractivity contribution is 5.84. The number of Topliss-reactive ketones (excluding diaryl/α,β-unsaturated/α-hetero) is 1. The van der Waals surface area contributed by atoms with Crippen molar-refractivity contribution < 1.29 is 4.79 Å². The van der Waals surface area contributed by atoms with Crippen LogP contribution in [0.1, 0.15) is 25.7 Å². The summed E-state index contributed by atoms with van der Waals surface area (Å²) in [5.74, 6) is 2.14. The summed E-state index contributed by atoms with van der Waals surface area (Å²) in [6.45, 7) is 0. The number of benzene rings is 2. The lowest BCUT2D eigenvalue weighted by Gasteiger charge is -2.34. The quantitative estimate of drug-likeness (QED) is 0.484. The fourth-order valence-corrected chi connectivity index (χ4v) is 4.05. The predicted octanol–water partition coefficient (Wildman–Crippen LogP) is 5.43. The minimum Gasteiger partial charge on any atom is -0.308 e. The first-order chi connectivity index (χ1) is 13.8. The van der Waals surface area contributed by atoms with Gasteiger partial charge in [-0.25, -0.2) is 9.97 Å². The molecule has 0 radical (unpaired) electrons. The van der Waals surface area contributed by atoms with E-state index in [1.54, 1.807) is 0 Å². The van der Waals surface area contributed by atoms with E-state index >= 15 is 0 Å². The van der Waals surface area contributed by atoms with E-state index < -0.39 is 0 Å². The largest absolute Gasteiger partial charge is 0.308 e. The molecule has 1 fully saturated rings. The Kier molecular flexibility index (Phi) is 4.24. The van der Waals surface area contributed by atoms with Crippen LogP contribution in [-0.2, 0) is 4.79 Å². The Balaban J connectivity index is 1.63. The second-order valence-electron chi connectivity index (χ2n) is 7.36. The van der Waals surface area contributed by atoms with Gasteiger partial charge in [-0.3, -0.25) is 4.79 Å². The number of hydrogen-bond acceptors (Lipinski definition) is 4. The summed E-state index contributed by atoms with van der Waals surface area (Å²) in [4.78, 5) is 23.9. The van der Waals surface area contributed by atoms with Crippen molar-refractivity contribution in [1.82, 2.24) is 9.97 Å². The molecule has 0 unspecified atom stereocenters. The molecule has 5 rings (SSSR count). The van der Waals surface area contributed by atoms with Gasteiger partial charge in [-0.15, -0.1) is 0 Å². The Morgan fingerprint density at radius 2 is 1.18 bits per heavy atom. The van der Waals surface area contributed by atoms with Gasteiger partial charge < -0.3 is 4.90 Å². The molecule has 1 aliphatic rings. The summed E-state index contributed by atoms with van der Waals surface area (Å²) in [6.07, 6.45) is 2.92. The molecular formula is C24H21N3O. The Labute approximate surface area is 163 Å². The first kappa shape index (κ1) is 16.9. The zero-order chi connectivity index (χ0) is 18.9. The number of nitrogens with zero attached hydrogens (tertiary/aromatic N) is 3. The molecule has 0 atom stereocenters. The Morgan fingerprint density at radius 1 is 0.679 bits per heavy atom. The van der Waals surface area contributed by atoms with Crippen molar-refractivity contribution in [2.45, 2.75) is 31.7 Å². The van der Waals surface area contributed by atoms with Gasteiger partial charge in [0.05, 0.1) is 11.0 Å². The molecule has 4 aromatic rings. The number of aromatic nitrogens is 2. The molecule has 1 aliphatic carbocycles. The average molecular weight is 367 g/mol. The monoisotopic (exact) mass is 367 g/mol. The van der Waals surface area contributed by atoms with Gasteiger partial charge in [-0.1, -0.05) is 36.4 Å². The van der Waals surface area contributed by atoms with E-state index in [0.29, 0.717) is 18.6 Å². The minimum atomic E-state index is 0.222. The molecule has 4 nitrogen and oxygen atoms in total. The van der Waals surface area contributed by atoms with E-state index in [2.05, 4.69) is 41.3 Å². The summed E-state index contributed by atoms with van der Waals surface area (Å²) in [6, 6.07) is 24.9. The number of hydrogen-bond donors (Lipinski definition) is 0. The maximum absolute atomic E-state index is 11.8. The second kappa shape index (κ2) is 7.04. The number of pyridine rings is 2. The molecule has 138 valence electrons. The molecule has 0 N–H and O–H groups in total. The lowest BCUT2D eigenvalue weighted by atomic mass is 9.93. The highest BCUT2D eigenvalue weighted by atomic mass is 16.1. The first-order valence-corrected chi connectivity index (χ1v) is 9.80. The molecule has 1 saturated carbocycles. The Hall–Kier alpha value is -3.27. The third-order valence-electron chi connectivity index (χ3n) is 5.54. The zero-order valence-corrected chi connectivity index (χ0v) is 15.6. The molecule has 0 aliphatic heterocycles. The molecule has 0 bridgehead atoms. The van der Waals surface area contributed by atoms with E-state index in [1.165, 1.54) is 0 Å². The van der Waals surface area contributed by atoms with Gasteiger partial charge in [0.1, 0.15) is 17.4 Å². The maximum Gasteiger partial charge on any atom is 0.135 e. The van der Waals surface area contributed by atoms with Crippen LogP contribution in [0.5, 0.6) is 0 Å². The van der Waals surface area contributed by atoms with E-state index in [1.807, 2.05) is 36.4 Å². The summed E-state index contributed by atoms with van der Waals surface area (Å²) in [5, 5.41) is 2.24. The zero-order valence-electron chi connectivity index (χ0n) is 15.6. The molecule has 4 heteroatoms. The van der Waals surface area contributed by atoms with E-state index in [0.717, 1.165) is 46.3 Å². The van der Waals surface area contributed by atoms with Crippen LogP contribution in [0.15, 0.2) is 72.8 Å². The van der Waals surface area contributed by atoms with Crippen molar-refractivity contribution in [3.8, 4) is 0 Å². The summed E-state index contributed by atoms with van der Waals surface area (Å²) >= 11 is 0. The van der Waals surface area contributed by atoms with Crippen molar-refractivity contribution in [2.24, 2.45) is 0 Å². The molecular weight excluding hydrogens is 346 g/mol. The normalized spacial score (nSPS) is 15.2. The Bertz CT molecular complexity index is 1080. The Morgan fingerprint density at radius 3 is 1.71 bits per heavy atom. The lowest BCUT2D eigenvalue weighted by molar-refractivity contribution is -0.120. The van der Waals surface area contributed by atoms with E-state index in [-0.39, 0.29) is 6.04 Å². The fraction of sp³-hybridized carbons (Fsp3) is 0.208. The van der Waals surface area contributed by atoms with Crippen LogP contribution >= 0.6 is 0 Å². The van der Waals surface area contributed by atoms with Gasteiger partial charge in [0.15, 0.2) is 0 Å². The number of carbonyl (C=O) groups excluding carboxylic acids is 1. The highest BCUT2D eigenvalue weighted by Crippen LogP contribution is 2.33. The molecule has 28 heavy (non-hydrogen) atoms. The van der Waals surface area contributed by atoms with Crippen molar-refractivity contribution in [3.63, 3.8) is 0 Å². The number of ketones is 1. The molecule has 2 aromatic carbocycles. The van der Waals surface area contributed by atoms with Gasteiger partial charge in [0.2, 0.25) is 0 Å². The van der Waals surface area contributed by atoms with Gasteiger partial charge in [-0.05, 0) is 49.2 Å². The topological polar surface area (TPSA) is 46.1 Å². The third kappa shape index (κ3) is 3.11. The summed E-state index contributed by atoms with van der Waals surface area (Å²) in [7, 11) is 0. The van der Waals surface area contributed by atoms with E-state index in [9.17, 15) is 4.79 Å². The van der Waals surface area contributed by atoms with Crippen LogP contribution in [-0.4, -0.2) is 21.8 Å². The summed E-state index contributed by atoms with van der Waals surface area (Å²) < 4.78 is 0. The van der Waals surface area contributed by atoms with Gasteiger partial charge in [0, 0.05) is 29.7 Å². The van der Waals surface area contributed by atoms with Crippen molar-refractivity contribution in [2.75, 3.05) is 4.90 Å². The average Bonchev–Trinajstić information content (AvgIpc) is 2.75.